The Bertz CT molecular complexity index is 98.7. The molecule has 1 aliphatic rings. The summed E-state index contributed by atoms with van der Waals surface area (Å²) in [6.07, 6.45) is 4.09. The van der Waals surface area contributed by atoms with Crippen LogP contribution in [0.3, 0.4) is 0 Å². The summed E-state index contributed by atoms with van der Waals surface area (Å²) >= 11 is 0. The molecule has 1 N–H and O–H groups in total. The van der Waals surface area contributed by atoms with Gasteiger partial charge in [0.2, 0.25) is 0 Å². The quantitative estimate of drug-likeness (QED) is 0.581. The topological polar surface area (TPSA) is 21.3 Å². The molecule has 0 spiro atoms. The lowest BCUT2D eigenvalue weighted by atomic mass is 10.3. The maximum atomic E-state index is 4.94. The Hall–Kier alpha value is -0.660. The van der Waals surface area contributed by atoms with E-state index in [2.05, 4.69) is 12.2 Å². The molecule has 46 valence electrons. The van der Waals surface area contributed by atoms with Gasteiger partial charge in [0, 0.05) is 5.70 Å². The van der Waals surface area contributed by atoms with Crippen LogP contribution in [0.25, 0.3) is 0 Å². The Balaban J connectivity index is 2.23. The molecule has 2 nitrogen and oxygen atoms in total. The second kappa shape index (κ2) is 2.60. The van der Waals surface area contributed by atoms with E-state index in [1.165, 1.54) is 12.1 Å². The van der Waals surface area contributed by atoms with Gasteiger partial charge in [-0.25, -0.2) is 0 Å². The smallest absolute Gasteiger partial charge is 0.158 e. The lowest BCUT2D eigenvalue weighted by Gasteiger charge is -1.94. The molecule has 1 heterocycles. The summed E-state index contributed by atoms with van der Waals surface area (Å²) in [5.41, 5.74) is 1.23. The predicted molar refractivity (Wildman–Crippen MR) is 32.1 cm³/mol. The van der Waals surface area contributed by atoms with Crippen molar-refractivity contribution >= 4 is 0 Å². The Kier molecular flexibility index (Phi) is 1.78. The molecule has 0 fully saturated rings. The highest BCUT2D eigenvalue weighted by atomic mass is 16.5. The van der Waals surface area contributed by atoms with Crippen LogP contribution in [0.5, 0.6) is 0 Å². The minimum absolute atomic E-state index is 0.662. The average Bonchev–Trinajstić information content (AvgIpc) is 2.19. The van der Waals surface area contributed by atoms with Gasteiger partial charge in [-0.2, -0.15) is 0 Å². The minimum Gasteiger partial charge on any atom is -0.479 e. The van der Waals surface area contributed by atoms with E-state index in [1.807, 2.05) is 0 Å². The summed E-state index contributed by atoms with van der Waals surface area (Å²) in [5.74, 6) is 0. The van der Waals surface area contributed by atoms with Crippen molar-refractivity contribution in [2.24, 2.45) is 0 Å². The second-order valence-corrected chi connectivity index (χ2v) is 1.88. The molecular formula is C6H11NO. The summed E-state index contributed by atoms with van der Waals surface area (Å²) in [7, 11) is 0. The van der Waals surface area contributed by atoms with Crippen molar-refractivity contribution in [2.45, 2.75) is 19.8 Å². The molecule has 0 saturated heterocycles. The van der Waals surface area contributed by atoms with E-state index in [4.69, 9.17) is 4.74 Å². The standard InChI is InChI=1S/C6H11NO/c1-2-3-6-4-8-5-7-6/h4,7H,2-3,5H2,1H3. The first kappa shape index (κ1) is 5.48. The van der Waals surface area contributed by atoms with Crippen molar-refractivity contribution in [1.82, 2.24) is 5.32 Å². The molecule has 0 aromatic carbocycles. The molecule has 1 aliphatic heterocycles. The Morgan fingerprint density at radius 1 is 1.88 bits per heavy atom. The van der Waals surface area contributed by atoms with Crippen LogP contribution in [0.2, 0.25) is 0 Å². The van der Waals surface area contributed by atoms with Crippen LogP contribution < -0.4 is 5.32 Å². The van der Waals surface area contributed by atoms with Crippen LogP contribution in [0.1, 0.15) is 19.8 Å². The van der Waals surface area contributed by atoms with E-state index in [9.17, 15) is 0 Å². The fourth-order valence-corrected chi connectivity index (χ4v) is 0.735. The first-order chi connectivity index (χ1) is 3.93. The summed E-state index contributed by atoms with van der Waals surface area (Å²) in [5, 5.41) is 3.10. The summed E-state index contributed by atoms with van der Waals surface area (Å²) in [6, 6.07) is 0. The molecule has 0 aromatic heterocycles. The lowest BCUT2D eigenvalue weighted by molar-refractivity contribution is 0.267. The molecule has 8 heavy (non-hydrogen) atoms. The zero-order valence-electron chi connectivity index (χ0n) is 5.11. The Morgan fingerprint density at radius 3 is 3.25 bits per heavy atom. The molecule has 0 aliphatic carbocycles. The summed E-state index contributed by atoms with van der Waals surface area (Å²) in [6.45, 7) is 2.82. The van der Waals surface area contributed by atoms with Crippen LogP contribution in [0.4, 0.5) is 0 Å². The number of hydrogen-bond donors (Lipinski definition) is 1. The molecular weight excluding hydrogens is 102 g/mol. The van der Waals surface area contributed by atoms with Gasteiger partial charge in [0.05, 0.1) is 0 Å². The monoisotopic (exact) mass is 113 g/mol. The van der Waals surface area contributed by atoms with Crippen molar-refractivity contribution in [3.63, 3.8) is 0 Å². The fourth-order valence-electron chi connectivity index (χ4n) is 0.735. The van der Waals surface area contributed by atoms with E-state index in [1.54, 1.807) is 6.26 Å². The van der Waals surface area contributed by atoms with E-state index >= 15 is 0 Å². The zero-order chi connectivity index (χ0) is 5.82. The molecule has 2 heteroatoms. The van der Waals surface area contributed by atoms with Crippen LogP contribution in [-0.2, 0) is 4.74 Å². The maximum absolute atomic E-state index is 4.94. The van der Waals surface area contributed by atoms with Gasteiger partial charge in [0.15, 0.2) is 6.73 Å². The van der Waals surface area contributed by atoms with Crippen LogP contribution >= 0.6 is 0 Å². The molecule has 0 atom stereocenters. The molecule has 0 aromatic rings. The van der Waals surface area contributed by atoms with Gasteiger partial charge in [-0.3, -0.25) is 0 Å². The van der Waals surface area contributed by atoms with Gasteiger partial charge in [-0.15, -0.1) is 0 Å². The highest BCUT2D eigenvalue weighted by molar-refractivity contribution is 4.97. The number of hydrogen-bond acceptors (Lipinski definition) is 2. The second-order valence-electron chi connectivity index (χ2n) is 1.88. The first-order valence-electron chi connectivity index (χ1n) is 2.98. The van der Waals surface area contributed by atoms with E-state index in [0.29, 0.717) is 6.73 Å². The zero-order valence-corrected chi connectivity index (χ0v) is 5.11. The molecule has 0 saturated carbocycles. The number of rotatable bonds is 2. The largest absolute Gasteiger partial charge is 0.479 e. The summed E-state index contributed by atoms with van der Waals surface area (Å²) < 4.78 is 4.94. The highest BCUT2D eigenvalue weighted by Crippen LogP contribution is 2.04. The third kappa shape index (κ3) is 1.15. The van der Waals surface area contributed by atoms with Gasteiger partial charge < -0.3 is 10.1 Å². The van der Waals surface area contributed by atoms with Crippen molar-refractivity contribution in [2.75, 3.05) is 6.73 Å². The predicted octanol–water partition coefficient (Wildman–Crippen LogP) is 1.21. The molecule has 0 unspecified atom stereocenters. The van der Waals surface area contributed by atoms with Crippen molar-refractivity contribution in [3.05, 3.63) is 12.0 Å². The Labute approximate surface area is 49.5 Å². The van der Waals surface area contributed by atoms with Gasteiger partial charge in [0.25, 0.3) is 0 Å². The minimum atomic E-state index is 0.662. The molecule has 0 amide bonds. The molecule has 0 radical (unpaired) electrons. The molecule has 1 rings (SSSR count). The maximum Gasteiger partial charge on any atom is 0.158 e. The number of nitrogens with one attached hydrogen (secondary N) is 1. The number of ether oxygens (including phenoxy) is 1. The first-order valence-corrected chi connectivity index (χ1v) is 2.98. The molecule has 0 bridgehead atoms. The van der Waals surface area contributed by atoms with Crippen LogP contribution in [0.15, 0.2) is 12.0 Å². The van der Waals surface area contributed by atoms with Gasteiger partial charge in [-0.1, -0.05) is 13.3 Å². The van der Waals surface area contributed by atoms with Crippen LogP contribution in [-0.4, -0.2) is 6.73 Å². The van der Waals surface area contributed by atoms with Gasteiger partial charge in [-0.05, 0) is 6.42 Å². The third-order valence-corrected chi connectivity index (χ3v) is 1.13. The Morgan fingerprint density at radius 2 is 2.75 bits per heavy atom. The van der Waals surface area contributed by atoms with Gasteiger partial charge >= 0.3 is 0 Å². The third-order valence-electron chi connectivity index (χ3n) is 1.13. The van der Waals surface area contributed by atoms with E-state index in [0.717, 1.165) is 6.42 Å². The highest BCUT2D eigenvalue weighted by Gasteiger charge is 1.99. The SMILES string of the molecule is CCCC1=COCN1. The van der Waals surface area contributed by atoms with E-state index in [-0.39, 0.29) is 0 Å². The van der Waals surface area contributed by atoms with Crippen molar-refractivity contribution < 1.29 is 4.74 Å². The van der Waals surface area contributed by atoms with E-state index < -0.39 is 0 Å². The fraction of sp³-hybridized carbons (Fsp3) is 0.667. The lowest BCUT2D eigenvalue weighted by Crippen LogP contribution is -2.07. The van der Waals surface area contributed by atoms with Gasteiger partial charge in [0.1, 0.15) is 6.26 Å². The average molecular weight is 113 g/mol. The van der Waals surface area contributed by atoms with Crippen molar-refractivity contribution in [3.8, 4) is 0 Å². The number of allylic oxidation sites excluding steroid dienone is 1. The normalized spacial score (nSPS) is 16.9. The van der Waals surface area contributed by atoms with Crippen molar-refractivity contribution in [1.29, 1.82) is 0 Å². The van der Waals surface area contributed by atoms with Crippen LogP contribution in [0, 0.1) is 0 Å². The summed E-state index contributed by atoms with van der Waals surface area (Å²) in [4.78, 5) is 0.